The quantitative estimate of drug-likeness (QED) is 0.326. The molecule has 0 amide bonds. The predicted octanol–water partition coefficient (Wildman–Crippen LogP) is -0.729. The standard InChI is InChI=1S/C2H3NO2.H2O4S/c1-2-4-5-3-1;1-5(2,3)4/h1-3H;(H2,1,2,3,4). The van der Waals surface area contributed by atoms with E-state index in [9.17, 15) is 0 Å². The van der Waals surface area contributed by atoms with Crippen LogP contribution in [0.25, 0.3) is 0 Å². The van der Waals surface area contributed by atoms with Gasteiger partial charge in [0, 0.05) is 0 Å². The van der Waals surface area contributed by atoms with E-state index in [1.165, 1.54) is 6.26 Å². The third kappa shape index (κ3) is 15.7. The molecule has 0 saturated heterocycles. The largest absolute Gasteiger partial charge is 0.394 e. The third-order valence-electron chi connectivity index (χ3n) is 0.288. The third-order valence-corrected chi connectivity index (χ3v) is 0.288. The molecule has 0 bridgehead atoms. The summed E-state index contributed by atoms with van der Waals surface area (Å²) in [7, 11) is -4.67. The van der Waals surface area contributed by atoms with Gasteiger partial charge in [-0.1, -0.05) is 4.99 Å². The summed E-state index contributed by atoms with van der Waals surface area (Å²) < 4.78 is 31.6. The Morgan fingerprint density at radius 1 is 1.40 bits per heavy atom. The molecule has 1 aliphatic rings. The lowest BCUT2D eigenvalue weighted by atomic mass is 11.0. The molecule has 10 heavy (non-hydrogen) atoms. The normalized spacial score (nSPS) is 14.6. The van der Waals surface area contributed by atoms with Crippen LogP contribution in [0.4, 0.5) is 0 Å². The second-order valence-corrected chi connectivity index (χ2v) is 1.94. The SMILES string of the molecule is C1=COON1.O=S(=O)(O)O. The van der Waals surface area contributed by atoms with Gasteiger partial charge in [0.25, 0.3) is 0 Å². The van der Waals surface area contributed by atoms with Gasteiger partial charge in [-0.25, -0.2) is 5.48 Å². The topological polar surface area (TPSA) is 105 Å². The van der Waals surface area contributed by atoms with Crippen LogP contribution in [0.15, 0.2) is 12.5 Å². The van der Waals surface area contributed by atoms with E-state index < -0.39 is 10.4 Å². The van der Waals surface area contributed by atoms with Crippen LogP contribution in [0, 0.1) is 0 Å². The molecule has 3 N–H and O–H groups in total. The van der Waals surface area contributed by atoms with Crippen molar-refractivity contribution in [3.8, 4) is 0 Å². The molecule has 1 heterocycles. The Labute approximate surface area is 56.7 Å². The Bertz CT molecular complexity index is 180. The molecule has 1 aliphatic heterocycles. The van der Waals surface area contributed by atoms with Crippen molar-refractivity contribution in [1.82, 2.24) is 5.48 Å². The monoisotopic (exact) mass is 171 g/mol. The number of rotatable bonds is 0. The van der Waals surface area contributed by atoms with Crippen molar-refractivity contribution in [1.29, 1.82) is 0 Å². The Hall–Kier alpha value is -0.830. The van der Waals surface area contributed by atoms with Gasteiger partial charge < -0.3 is 4.89 Å². The first kappa shape index (κ1) is 9.17. The van der Waals surface area contributed by atoms with Crippen molar-refractivity contribution in [2.75, 3.05) is 0 Å². The fourth-order valence-electron chi connectivity index (χ4n) is 0.139. The highest BCUT2D eigenvalue weighted by molar-refractivity contribution is 7.79. The fourth-order valence-corrected chi connectivity index (χ4v) is 0.139. The van der Waals surface area contributed by atoms with Gasteiger partial charge in [-0.15, -0.1) is 0 Å². The van der Waals surface area contributed by atoms with E-state index in [-0.39, 0.29) is 0 Å². The van der Waals surface area contributed by atoms with E-state index in [2.05, 4.69) is 15.4 Å². The van der Waals surface area contributed by atoms with Crippen molar-refractivity contribution in [2.24, 2.45) is 0 Å². The van der Waals surface area contributed by atoms with Gasteiger partial charge >= 0.3 is 10.4 Å². The molecule has 1 rings (SSSR count). The van der Waals surface area contributed by atoms with Crippen molar-refractivity contribution < 1.29 is 27.4 Å². The molecule has 7 nitrogen and oxygen atoms in total. The molecule has 0 aromatic carbocycles. The lowest BCUT2D eigenvalue weighted by molar-refractivity contribution is -0.264. The van der Waals surface area contributed by atoms with Crippen molar-refractivity contribution in [3.05, 3.63) is 12.5 Å². The predicted molar refractivity (Wildman–Crippen MR) is 28.6 cm³/mol. The van der Waals surface area contributed by atoms with Crippen LogP contribution in [-0.4, -0.2) is 17.5 Å². The summed E-state index contributed by atoms with van der Waals surface area (Å²) in [6.45, 7) is 0. The maximum atomic E-state index is 8.74. The minimum atomic E-state index is -4.67. The van der Waals surface area contributed by atoms with Gasteiger partial charge in [-0.2, -0.15) is 8.42 Å². The van der Waals surface area contributed by atoms with Gasteiger partial charge in [0.15, 0.2) is 0 Å². The average Bonchev–Trinajstić information content (AvgIpc) is 2.07. The van der Waals surface area contributed by atoms with Gasteiger partial charge in [0.05, 0.1) is 6.20 Å². The second-order valence-electron chi connectivity index (χ2n) is 1.05. The number of hydrogen-bond acceptors (Lipinski definition) is 5. The second kappa shape index (κ2) is 4.06. The van der Waals surface area contributed by atoms with Crippen molar-refractivity contribution >= 4 is 10.4 Å². The molecule has 0 aromatic heterocycles. The first-order valence-corrected chi connectivity index (χ1v) is 3.32. The van der Waals surface area contributed by atoms with Crippen LogP contribution >= 0.6 is 0 Å². The summed E-state index contributed by atoms with van der Waals surface area (Å²) >= 11 is 0. The van der Waals surface area contributed by atoms with Crippen LogP contribution < -0.4 is 5.48 Å². The molecule has 0 aliphatic carbocycles. The molecule has 0 unspecified atom stereocenters. The smallest absolute Gasteiger partial charge is 0.321 e. The zero-order valence-electron chi connectivity index (χ0n) is 4.59. The van der Waals surface area contributed by atoms with Crippen LogP contribution in [0.2, 0.25) is 0 Å². The first-order valence-electron chi connectivity index (χ1n) is 1.93. The van der Waals surface area contributed by atoms with Crippen LogP contribution in [0.5, 0.6) is 0 Å². The molecule has 8 heteroatoms. The Balaban J connectivity index is 0.000000162. The minimum absolute atomic E-state index is 1.40. The van der Waals surface area contributed by atoms with Gasteiger partial charge in [-0.3, -0.25) is 9.11 Å². The lowest BCUT2D eigenvalue weighted by Crippen LogP contribution is -1.94. The van der Waals surface area contributed by atoms with Gasteiger partial charge in [-0.05, 0) is 0 Å². The Morgan fingerprint density at radius 2 is 1.90 bits per heavy atom. The Morgan fingerprint density at radius 3 is 2.00 bits per heavy atom. The highest BCUT2D eigenvalue weighted by atomic mass is 32.3. The summed E-state index contributed by atoms with van der Waals surface area (Å²) in [5, 5.41) is 0. The minimum Gasteiger partial charge on any atom is -0.321 e. The van der Waals surface area contributed by atoms with Crippen molar-refractivity contribution in [2.45, 2.75) is 0 Å². The fraction of sp³-hybridized carbons (Fsp3) is 0. The molecule has 0 saturated carbocycles. The number of hydrogen-bond donors (Lipinski definition) is 3. The summed E-state index contributed by atoms with van der Waals surface area (Å²) in [6.07, 6.45) is 2.94. The molecule has 0 atom stereocenters. The van der Waals surface area contributed by atoms with E-state index in [0.717, 1.165) is 0 Å². The van der Waals surface area contributed by atoms with Crippen molar-refractivity contribution in [3.63, 3.8) is 0 Å². The number of nitrogens with one attached hydrogen (secondary N) is 1. The van der Waals surface area contributed by atoms with E-state index >= 15 is 0 Å². The van der Waals surface area contributed by atoms with Crippen LogP contribution in [0.1, 0.15) is 0 Å². The van der Waals surface area contributed by atoms with E-state index in [0.29, 0.717) is 0 Å². The van der Waals surface area contributed by atoms with Gasteiger partial charge in [0.2, 0.25) is 0 Å². The maximum absolute atomic E-state index is 8.74. The Kier molecular flexibility index (Phi) is 3.72. The maximum Gasteiger partial charge on any atom is 0.394 e. The molecule has 0 fully saturated rings. The summed E-state index contributed by atoms with van der Waals surface area (Å²) in [5.41, 5.74) is 2.32. The van der Waals surface area contributed by atoms with E-state index in [1.807, 2.05) is 0 Å². The average molecular weight is 171 g/mol. The van der Waals surface area contributed by atoms with E-state index in [1.54, 1.807) is 6.20 Å². The lowest BCUT2D eigenvalue weighted by Gasteiger charge is -1.81. The van der Waals surface area contributed by atoms with E-state index in [4.69, 9.17) is 17.5 Å². The molecule has 60 valence electrons. The highest BCUT2D eigenvalue weighted by Crippen LogP contribution is 1.80. The number of hydroxylamine groups is 1. The summed E-state index contributed by atoms with van der Waals surface area (Å²) in [5.74, 6) is 0. The highest BCUT2D eigenvalue weighted by Gasteiger charge is 1.84. The molecule has 0 spiro atoms. The summed E-state index contributed by atoms with van der Waals surface area (Å²) in [6, 6.07) is 0. The zero-order valence-corrected chi connectivity index (χ0v) is 5.41. The molecule has 0 aromatic rings. The zero-order chi connectivity index (χ0) is 8.04. The molecule has 0 radical (unpaired) electrons. The molecular formula is C2H5NO6S. The molecular weight excluding hydrogens is 166 g/mol. The first-order chi connectivity index (χ1) is 4.50. The van der Waals surface area contributed by atoms with Crippen LogP contribution in [-0.2, 0) is 20.3 Å². The van der Waals surface area contributed by atoms with Gasteiger partial charge in [0.1, 0.15) is 6.26 Å². The van der Waals surface area contributed by atoms with Crippen LogP contribution in [0.3, 0.4) is 0 Å². The summed E-state index contributed by atoms with van der Waals surface area (Å²) in [4.78, 5) is 8.24.